The van der Waals surface area contributed by atoms with Gasteiger partial charge >= 0.3 is 5.97 Å². The highest BCUT2D eigenvalue weighted by Gasteiger charge is 2.13. The Labute approximate surface area is 191 Å². The van der Waals surface area contributed by atoms with Gasteiger partial charge in [0.05, 0.1) is 17.1 Å². The number of rotatable bonds is 9. The number of hydrogen-bond donors (Lipinski definition) is 5. The van der Waals surface area contributed by atoms with Crippen molar-refractivity contribution in [2.45, 2.75) is 8.68 Å². The second-order valence-corrected chi connectivity index (χ2v) is 10.1. The average molecular weight is 499 g/mol. The molecule has 0 saturated heterocycles. The quantitative estimate of drug-likeness (QED) is 0.268. The van der Waals surface area contributed by atoms with Gasteiger partial charge < -0.3 is 27.2 Å². The summed E-state index contributed by atoms with van der Waals surface area (Å²) in [6, 6.07) is 4.05. The van der Waals surface area contributed by atoms with Crippen LogP contribution in [-0.2, 0) is 9.59 Å². The topological polar surface area (TPSA) is 199 Å². The lowest BCUT2D eigenvalue weighted by Gasteiger charge is -2.10. The largest absolute Gasteiger partial charge is 0.478 e. The number of carbonyl (C=O) groups excluding carboxylic acids is 2. The van der Waals surface area contributed by atoms with E-state index < -0.39 is 5.97 Å². The van der Waals surface area contributed by atoms with Crippen LogP contribution in [-0.4, -0.2) is 54.8 Å². The van der Waals surface area contributed by atoms with Gasteiger partial charge in [0.2, 0.25) is 22.1 Å². The lowest BCUT2D eigenvalue weighted by molar-refractivity contribution is -0.114. The number of nitrogen functional groups attached to an aromatic ring is 2. The molecule has 0 saturated carbocycles. The van der Waals surface area contributed by atoms with Crippen molar-refractivity contribution in [1.82, 2.24) is 20.4 Å². The number of nitrogens with one attached hydrogen (secondary N) is 2. The molecule has 12 nitrogen and oxygen atoms in total. The zero-order chi connectivity index (χ0) is 22.4. The summed E-state index contributed by atoms with van der Waals surface area (Å²) in [6.07, 6.45) is 0. The van der Waals surface area contributed by atoms with Gasteiger partial charge in [-0.1, -0.05) is 46.2 Å². The molecule has 162 valence electrons. The van der Waals surface area contributed by atoms with Crippen LogP contribution in [0.3, 0.4) is 0 Å². The van der Waals surface area contributed by atoms with E-state index in [9.17, 15) is 19.5 Å². The van der Waals surface area contributed by atoms with Crippen LogP contribution in [0.15, 0.2) is 26.9 Å². The third-order valence-electron chi connectivity index (χ3n) is 3.25. The smallest absolute Gasteiger partial charge is 0.335 e. The summed E-state index contributed by atoms with van der Waals surface area (Å²) >= 11 is 4.60. The molecule has 0 unspecified atom stereocenters. The van der Waals surface area contributed by atoms with Gasteiger partial charge in [0.15, 0.2) is 8.68 Å². The summed E-state index contributed by atoms with van der Waals surface area (Å²) in [4.78, 5) is 35.8. The first kappa shape index (κ1) is 22.7. The Hall–Kier alpha value is -2.95. The minimum atomic E-state index is -1.20. The van der Waals surface area contributed by atoms with Gasteiger partial charge in [-0.15, -0.1) is 20.4 Å². The number of amides is 2. The van der Waals surface area contributed by atoms with E-state index in [4.69, 9.17) is 11.5 Å². The summed E-state index contributed by atoms with van der Waals surface area (Å²) in [5, 5.41) is 30.1. The van der Waals surface area contributed by atoms with Crippen molar-refractivity contribution in [2.24, 2.45) is 0 Å². The van der Waals surface area contributed by atoms with Crippen LogP contribution in [0.25, 0.3) is 0 Å². The molecule has 2 aromatic heterocycles. The van der Waals surface area contributed by atoms with E-state index in [1.807, 2.05) is 0 Å². The van der Waals surface area contributed by atoms with Crippen molar-refractivity contribution in [1.29, 1.82) is 0 Å². The van der Waals surface area contributed by atoms with Gasteiger partial charge in [-0.25, -0.2) is 4.79 Å². The number of carbonyl (C=O) groups is 3. The van der Waals surface area contributed by atoms with Gasteiger partial charge in [-0.3, -0.25) is 9.59 Å². The first-order chi connectivity index (χ1) is 14.8. The number of hydrogen-bond acceptors (Lipinski definition) is 13. The average Bonchev–Trinajstić information content (AvgIpc) is 3.32. The van der Waals surface area contributed by atoms with Crippen LogP contribution in [0.4, 0.5) is 21.6 Å². The molecule has 0 aliphatic rings. The van der Waals surface area contributed by atoms with E-state index in [-0.39, 0.29) is 40.3 Å². The third-order valence-corrected chi connectivity index (χ3v) is 7.02. The Morgan fingerprint density at radius 3 is 1.65 bits per heavy atom. The molecule has 0 fully saturated rings. The number of thioether (sulfide) groups is 2. The van der Waals surface area contributed by atoms with Crippen LogP contribution in [0.1, 0.15) is 10.4 Å². The zero-order valence-electron chi connectivity index (χ0n) is 15.4. The van der Waals surface area contributed by atoms with Crippen LogP contribution in [0.5, 0.6) is 0 Å². The maximum atomic E-state index is 12.2. The van der Waals surface area contributed by atoms with Crippen molar-refractivity contribution >= 4 is 85.6 Å². The molecule has 16 heteroatoms. The summed E-state index contributed by atoms with van der Waals surface area (Å²) in [6.45, 7) is 0. The van der Waals surface area contributed by atoms with Crippen LogP contribution < -0.4 is 22.1 Å². The number of carboxylic acids is 1. The van der Waals surface area contributed by atoms with E-state index in [0.29, 0.717) is 18.9 Å². The number of nitrogens with zero attached hydrogens (tertiary/aromatic N) is 4. The second kappa shape index (κ2) is 10.4. The molecule has 0 atom stereocenters. The Morgan fingerprint density at radius 2 is 1.29 bits per heavy atom. The van der Waals surface area contributed by atoms with Gasteiger partial charge in [0.1, 0.15) is 0 Å². The molecule has 0 spiro atoms. The van der Waals surface area contributed by atoms with Crippen molar-refractivity contribution in [3.8, 4) is 0 Å². The van der Waals surface area contributed by atoms with Crippen molar-refractivity contribution in [3.05, 3.63) is 23.8 Å². The molecule has 1 aromatic carbocycles. The highest BCUT2D eigenvalue weighted by molar-refractivity contribution is 8.02. The summed E-state index contributed by atoms with van der Waals surface area (Å²) in [5.41, 5.74) is 11.3. The molecule has 0 aliphatic heterocycles. The lowest BCUT2D eigenvalue weighted by atomic mass is 10.1. The molecule has 2 heterocycles. The van der Waals surface area contributed by atoms with Crippen LogP contribution in [0, 0.1) is 0 Å². The zero-order valence-corrected chi connectivity index (χ0v) is 18.7. The van der Waals surface area contributed by atoms with Gasteiger partial charge in [-0.05, 0) is 18.2 Å². The Morgan fingerprint density at radius 1 is 0.839 bits per heavy atom. The fraction of sp³-hybridized carbons (Fsp3) is 0.133. The molecule has 0 radical (unpaired) electrons. The first-order valence-electron chi connectivity index (χ1n) is 8.20. The number of nitrogens with two attached hydrogens (primary N) is 2. The summed E-state index contributed by atoms with van der Waals surface area (Å²) in [5.74, 6) is -1.93. The predicted molar refractivity (Wildman–Crippen MR) is 121 cm³/mol. The van der Waals surface area contributed by atoms with Gasteiger partial charge in [0.25, 0.3) is 0 Å². The van der Waals surface area contributed by atoms with Crippen molar-refractivity contribution in [3.63, 3.8) is 0 Å². The lowest BCUT2D eigenvalue weighted by Crippen LogP contribution is -2.17. The summed E-state index contributed by atoms with van der Waals surface area (Å²) < 4.78 is 1.07. The van der Waals surface area contributed by atoms with Crippen molar-refractivity contribution in [2.75, 3.05) is 33.6 Å². The highest BCUT2D eigenvalue weighted by Crippen LogP contribution is 2.26. The fourth-order valence-corrected chi connectivity index (χ4v) is 4.97. The Kier molecular flexibility index (Phi) is 7.61. The van der Waals surface area contributed by atoms with E-state index in [0.717, 1.165) is 46.2 Å². The molecule has 3 aromatic rings. The van der Waals surface area contributed by atoms with E-state index in [1.165, 1.54) is 18.2 Å². The molecule has 0 aliphatic carbocycles. The van der Waals surface area contributed by atoms with Crippen molar-refractivity contribution < 1.29 is 19.5 Å². The van der Waals surface area contributed by atoms with Gasteiger partial charge in [-0.2, -0.15) is 0 Å². The molecule has 0 bridgehead atoms. The maximum Gasteiger partial charge on any atom is 0.335 e. The minimum Gasteiger partial charge on any atom is -0.478 e. The highest BCUT2D eigenvalue weighted by atomic mass is 32.2. The number of benzene rings is 1. The standard InChI is InChI=1S/C15H14N8O4S4/c16-12-20-22-14(30-12)28-4-9(24)18-7-1-6(11(26)27)2-8(3-7)19-10(25)5-29-15-23-21-13(17)31-15/h1-3H,4-5H2,(H2,16,20)(H2,17,21)(H,18,24)(H,19,25)(H,26,27). The maximum absolute atomic E-state index is 12.2. The number of carboxylic acid groups (broad SMARTS) is 1. The third kappa shape index (κ3) is 7.06. The number of aromatic carboxylic acids is 1. The normalized spacial score (nSPS) is 10.6. The second-order valence-electron chi connectivity index (χ2n) is 5.59. The monoisotopic (exact) mass is 498 g/mol. The van der Waals surface area contributed by atoms with Crippen LogP contribution >= 0.6 is 46.2 Å². The molecular weight excluding hydrogens is 484 g/mol. The molecule has 2 amide bonds. The molecule has 3 rings (SSSR count). The van der Waals surface area contributed by atoms with E-state index in [1.54, 1.807) is 0 Å². The Bertz CT molecular complexity index is 1040. The number of aromatic nitrogens is 4. The van der Waals surface area contributed by atoms with E-state index in [2.05, 4.69) is 31.0 Å². The molecular formula is C15H14N8O4S4. The Balaban J connectivity index is 1.61. The summed E-state index contributed by atoms with van der Waals surface area (Å²) in [7, 11) is 0. The molecule has 31 heavy (non-hydrogen) atoms. The number of anilines is 4. The minimum absolute atomic E-state index is 0.0231. The first-order valence-corrected chi connectivity index (χ1v) is 11.8. The fourth-order valence-electron chi connectivity index (χ4n) is 2.10. The predicted octanol–water partition coefficient (Wildman–Crippen LogP) is 1.71. The van der Waals surface area contributed by atoms with Gasteiger partial charge in [0, 0.05) is 11.4 Å². The van der Waals surface area contributed by atoms with Crippen LogP contribution in [0.2, 0.25) is 0 Å². The van der Waals surface area contributed by atoms with E-state index >= 15 is 0 Å². The molecule has 7 N–H and O–H groups in total. The SMILES string of the molecule is Nc1nnc(SCC(=O)Nc2cc(NC(=O)CSc3nnc(N)s3)cc(C(=O)O)c2)s1.